The van der Waals surface area contributed by atoms with Gasteiger partial charge in [0.15, 0.2) is 0 Å². The van der Waals surface area contributed by atoms with Crippen LogP contribution in [0.2, 0.25) is 0 Å². The minimum Gasteiger partial charge on any atom is -0.390 e. The van der Waals surface area contributed by atoms with Gasteiger partial charge in [-0.3, -0.25) is 9.78 Å². The van der Waals surface area contributed by atoms with Gasteiger partial charge in [0.1, 0.15) is 23.7 Å². The molecule has 1 aromatic carbocycles. The van der Waals surface area contributed by atoms with Gasteiger partial charge < -0.3 is 16.0 Å². The van der Waals surface area contributed by atoms with Crippen molar-refractivity contribution >= 4 is 21.6 Å². The van der Waals surface area contributed by atoms with Gasteiger partial charge in [-0.1, -0.05) is 0 Å². The van der Waals surface area contributed by atoms with Crippen molar-refractivity contribution in [3.05, 3.63) is 71.4 Å². The van der Waals surface area contributed by atoms with Crippen LogP contribution in [0.4, 0.5) is 22.0 Å². The second-order valence-electron chi connectivity index (χ2n) is 7.86. The molecule has 0 saturated carbocycles. The molecule has 1 aliphatic rings. The van der Waals surface area contributed by atoms with E-state index in [1.807, 2.05) is 0 Å². The van der Waals surface area contributed by atoms with Crippen molar-refractivity contribution in [2.75, 3.05) is 20.1 Å². The Bertz CT molecular complexity index is 1250. The van der Waals surface area contributed by atoms with E-state index in [1.165, 1.54) is 13.1 Å². The lowest BCUT2D eigenvalue weighted by molar-refractivity contribution is -0.141. The number of nitrogens with zero attached hydrogens (tertiary/aromatic N) is 2. The Morgan fingerprint density at radius 1 is 1.22 bits per heavy atom. The number of carbonyl (C=O) groups is 1. The molecule has 0 unspecified atom stereocenters. The van der Waals surface area contributed by atoms with Crippen LogP contribution in [-0.2, 0) is 21.0 Å². The highest BCUT2D eigenvalue weighted by Crippen LogP contribution is 2.29. The van der Waals surface area contributed by atoms with Crippen molar-refractivity contribution in [3.63, 3.8) is 0 Å². The first-order chi connectivity index (χ1) is 16.8. The number of pyridine rings is 1. The van der Waals surface area contributed by atoms with Crippen LogP contribution >= 0.6 is 0 Å². The molecule has 1 aromatic heterocycles. The molecule has 14 heteroatoms. The SMILES string of the molecule is CN/C(=C\C(=N)c1ccc(C(F)(F)F)nc1)CNC(=O)[C@@H]1C[C@@H](F)CN1S(=O)(=O)c1ccc(F)cc1. The smallest absolute Gasteiger partial charge is 0.390 e. The predicted octanol–water partition coefficient (Wildman–Crippen LogP) is 2.63. The van der Waals surface area contributed by atoms with Crippen molar-refractivity contribution in [2.24, 2.45) is 0 Å². The maximum absolute atomic E-state index is 14.1. The number of amides is 1. The molecular weight excluding hydrogens is 509 g/mol. The monoisotopic (exact) mass is 531 g/mol. The number of hydrogen-bond acceptors (Lipinski definition) is 6. The lowest BCUT2D eigenvalue weighted by atomic mass is 10.1. The summed E-state index contributed by atoms with van der Waals surface area (Å²) in [7, 11) is -2.80. The van der Waals surface area contributed by atoms with Gasteiger partial charge in [-0.15, -0.1) is 0 Å². The summed E-state index contributed by atoms with van der Waals surface area (Å²) in [6, 6.07) is 4.39. The lowest BCUT2D eigenvalue weighted by Gasteiger charge is -2.23. The van der Waals surface area contributed by atoms with Crippen molar-refractivity contribution in [3.8, 4) is 0 Å². The number of aromatic nitrogens is 1. The molecule has 194 valence electrons. The number of sulfonamides is 1. The van der Waals surface area contributed by atoms with Crippen molar-refractivity contribution in [2.45, 2.75) is 29.7 Å². The van der Waals surface area contributed by atoms with Gasteiger partial charge in [0.25, 0.3) is 0 Å². The fourth-order valence-electron chi connectivity index (χ4n) is 3.49. The number of nitrogens with one attached hydrogen (secondary N) is 3. The fourth-order valence-corrected chi connectivity index (χ4v) is 5.12. The minimum atomic E-state index is -4.62. The third kappa shape index (κ3) is 6.23. The number of benzene rings is 1. The van der Waals surface area contributed by atoms with E-state index >= 15 is 0 Å². The normalized spacial score (nSPS) is 19.2. The molecule has 1 fully saturated rings. The van der Waals surface area contributed by atoms with Crippen LogP contribution in [0.1, 0.15) is 17.7 Å². The van der Waals surface area contributed by atoms with Gasteiger partial charge in [0.2, 0.25) is 15.9 Å². The summed E-state index contributed by atoms with van der Waals surface area (Å²) in [6.45, 7) is -0.748. The Labute approximate surface area is 203 Å². The number of halogens is 5. The second kappa shape index (κ2) is 10.7. The second-order valence-corrected chi connectivity index (χ2v) is 9.75. The fraction of sp³-hybridized carbons (Fsp3) is 0.318. The van der Waals surface area contributed by atoms with Gasteiger partial charge in [0.05, 0.1) is 17.2 Å². The third-order valence-corrected chi connectivity index (χ3v) is 7.27. The van der Waals surface area contributed by atoms with Crippen LogP contribution in [0, 0.1) is 11.2 Å². The molecule has 0 spiro atoms. The quantitative estimate of drug-likeness (QED) is 0.358. The number of alkyl halides is 4. The summed E-state index contributed by atoms with van der Waals surface area (Å²) in [6.07, 6.45) is -4.43. The summed E-state index contributed by atoms with van der Waals surface area (Å²) >= 11 is 0. The van der Waals surface area contributed by atoms with Crippen LogP contribution < -0.4 is 10.6 Å². The molecule has 1 amide bonds. The molecule has 1 saturated heterocycles. The highest BCUT2D eigenvalue weighted by Gasteiger charge is 2.44. The first-order valence-corrected chi connectivity index (χ1v) is 12.0. The van der Waals surface area contributed by atoms with E-state index in [1.54, 1.807) is 0 Å². The van der Waals surface area contributed by atoms with Crippen molar-refractivity contribution < 1.29 is 35.2 Å². The molecule has 8 nitrogen and oxygen atoms in total. The summed E-state index contributed by atoms with van der Waals surface area (Å²) in [5.74, 6) is -1.44. The Balaban J connectivity index is 1.70. The highest BCUT2D eigenvalue weighted by molar-refractivity contribution is 7.89. The van der Waals surface area contributed by atoms with Gasteiger partial charge in [-0.05, 0) is 42.5 Å². The Morgan fingerprint density at radius 3 is 2.44 bits per heavy atom. The lowest BCUT2D eigenvalue weighted by Crippen LogP contribution is -2.46. The molecule has 36 heavy (non-hydrogen) atoms. The van der Waals surface area contributed by atoms with E-state index in [-0.39, 0.29) is 34.8 Å². The van der Waals surface area contributed by atoms with Gasteiger partial charge in [-0.2, -0.15) is 17.5 Å². The number of likely N-dealkylation sites (N-methyl/N-ethyl adjacent to an activating group) is 1. The summed E-state index contributed by atoms with van der Waals surface area (Å²) in [5.41, 5.74) is -0.933. The molecule has 0 bridgehead atoms. The van der Waals surface area contributed by atoms with Crippen LogP contribution in [0.15, 0.2) is 59.3 Å². The summed E-state index contributed by atoms with van der Waals surface area (Å²) in [5, 5.41) is 13.3. The zero-order valence-electron chi connectivity index (χ0n) is 18.8. The molecule has 2 heterocycles. The highest BCUT2D eigenvalue weighted by atomic mass is 32.2. The molecule has 3 N–H and O–H groups in total. The number of rotatable bonds is 8. The number of hydrogen-bond donors (Lipinski definition) is 3. The number of allylic oxidation sites excluding steroid dienone is 1. The topological polar surface area (TPSA) is 115 Å². The third-order valence-electron chi connectivity index (χ3n) is 5.39. The van der Waals surface area contributed by atoms with Gasteiger partial charge in [-0.25, -0.2) is 17.2 Å². The maximum Gasteiger partial charge on any atom is 0.433 e. The maximum atomic E-state index is 14.1. The zero-order chi connectivity index (χ0) is 26.7. The van der Waals surface area contributed by atoms with E-state index < -0.39 is 52.4 Å². The Hall–Kier alpha value is -3.39. The van der Waals surface area contributed by atoms with Crippen LogP contribution in [-0.4, -0.2) is 61.7 Å². The van der Waals surface area contributed by atoms with Crippen LogP contribution in [0.3, 0.4) is 0 Å². The average molecular weight is 532 g/mol. The first kappa shape index (κ1) is 27.2. The van der Waals surface area contributed by atoms with E-state index in [9.17, 15) is 35.2 Å². The van der Waals surface area contributed by atoms with E-state index in [4.69, 9.17) is 5.41 Å². The molecule has 0 aliphatic carbocycles. The Kier molecular flexibility index (Phi) is 8.09. The largest absolute Gasteiger partial charge is 0.433 e. The van der Waals surface area contributed by atoms with Crippen molar-refractivity contribution in [1.29, 1.82) is 5.41 Å². The summed E-state index contributed by atoms with van der Waals surface area (Å²) in [4.78, 5) is 15.8. The van der Waals surface area contributed by atoms with Crippen LogP contribution in [0.5, 0.6) is 0 Å². The van der Waals surface area contributed by atoms with Crippen LogP contribution in [0.25, 0.3) is 0 Å². The first-order valence-electron chi connectivity index (χ1n) is 10.5. The molecule has 2 atom stereocenters. The predicted molar refractivity (Wildman–Crippen MR) is 120 cm³/mol. The van der Waals surface area contributed by atoms with Gasteiger partial charge >= 0.3 is 6.18 Å². The number of carbonyl (C=O) groups excluding carboxylic acids is 1. The standard InChI is InChI=1S/C22H22F5N5O3S/c1-29-16(9-18(28)13-2-7-20(30-10-13)22(25,26)27)11-31-21(33)19-8-15(24)12-32(19)36(34,35)17-5-3-14(23)4-6-17/h2-7,9-10,15,19,28-29H,8,11-12H2,1H3,(H,31,33)/b16-9-,28-18?/t15-,19+/m1/s1. The molecular formula is C22H22F5N5O3S. The molecule has 3 rings (SSSR count). The van der Waals surface area contributed by atoms with Crippen molar-refractivity contribution in [1.82, 2.24) is 19.9 Å². The van der Waals surface area contributed by atoms with E-state index in [2.05, 4.69) is 15.6 Å². The average Bonchev–Trinajstić information content (AvgIpc) is 3.24. The zero-order valence-corrected chi connectivity index (χ0v) is 19.6. The summed E-state index contributed by atoms with van der Waals surface area (Å²) < 4.78 is 91.9. The minimum absolute atomic E-state index is 0.0923. The van der Waals surface area contributed by atoms with E-state index in [0.717, 1.165) is 46.9 Å². The van der Waals surface area contributed by atoms with E-state index in [0.29, 0.717) is 0 Å². The molecule has 0 radical (unpaired) electrons. The van der Waals surface area contributed by atoms with Gasteiger partial charge in [0, 0.05) is 37.5 Å². The Morgan fingerprint density at radius 2 is 1.89 bits per heavy atom. The molecule has 2 aromatic rings. The molecule has 1 aliphatic heterocycles.